The summed E-state index contributed by atoms with van der Waals surface area (Å²) in [5.41, 5.74) is 0.165. The van der Waals surface area contributed by atoms with E-state index in [1.54, 1.807) is 0 Å². The Morgan fingerprint density at radius 1 is 1.53 bits per heavy atom. The van der Waals surface area contributed by atoms with Crippen molar-refractivity contribution in [3.05, 3.63) is 22.8 Å². The molecular weight excluding hydrogens is 220 g/mol. The van der Waals surface area contributed by atoms with Gasteiger partial charge in [0.25, 0.3) is 0 Å². The molecule has 6 heteroatoms. The zero-order chi connectivity index (χ0) is 11.4. The smallest absolute Gasteiger partial charge is 0.339 e. The van der Waals surface area contributed by atoms with Gasteiger partial charge in [-0.3, -0.25) is 4.79 Å². The molecule has 0 bridgehead atoms. The van der Waals surface area contributed by atoms with Crippen LogP contribution in [0.2, 0.25) is 5.02 Å². The molecule has 0 aromatic carbocycles. The number of esters is 1. The Hall–Kier alpha value is -1.62. The zero-order valence-electron chi connectivity index (χ0n) is 8.20. The van der Waals surface area contributed by atoms with Crippen LogP contribution >= 0.6 is 11.6 Å². The Kier molecular flexibility index (Phi) is 3.62. The number of nitrogens with zero attached hydrogens (tertiary/aromatic N) is 1. The van der Waals surface area contributed by atoms with E-state index >= 15 is 0 Å². The maximum absolute atomic E-state index is 11.2. The Morgan fingerprint density at radius 2 is 2.20 bits per heavy atom. The van der Waals surface area contributed by atoms with E-state index in [4.69, 9.17) is 11.6 Å². The van der Waals surface area contributed by atoms with Gasteiger partial charge in [-0.1, -0.05) is 11.6 Å². The minimum absolute atomic E-state index is 0.165. The van der Waals surface area contributed by atoms with Crippen LogP contribution in [0.25, 0.3) is 0 Å². The van der Waals surface area contributed by atoms with Crippen LogP contribution in [0.5, 0.6) is 0 Å². The number of aromatic nitrogens is 1. The van der Waals surface area contributed by atoms with Gasteiger partial charge in [-0.2, -0.15) is 0 Å². The number of halogens is 1. The molecule has 0 unspecified atom stereocenters. The van der Waals surface area contributed by atoms with Crippen molar-refractivity contribution in [3.8, 4) is 0 Å². The van der Waals surface area contributed by atoms with Crippen molar-refractivity contribution in [1.82, 2.24) is 4.98 Å². The maximum atomic E-state index is 11.2. The number of ether oxygens (including phenoxy) is 1. The zero-order valence-corrected chi connectivity index (χ0v) is 8.96. The van der Waals surface area contributed by atoms with Crippen LogP contribution in [0.4, 0.5) is 5.82 Å². The van der Waals surface area contributed by atoms with E-state index in [-0.39, 0.29) is 22.3 Å². The second kappa shape index (κ2) is 4.75. The Labute approximate surface area is 91.4 Å². The number of methoxy groups -OCH3 is 1. The molecule has 5 nitrogen and oxygen atoms in total. The highest BCUT2D eigenvalue weighted by molar-refractivity contribution is 6.33. The summed E-state index contributed by atoms with van der Waals surface area (Å²) in [4.78, 5) is 25.8. The molecule has 0 aliphatic rings. The van der Waals surface area contributed by atoms with Crippen molar-refractivity contribution in [2.24, 2.45) is 0 Å². The summed E-state index contributed by atoms with van der Waals surface area (Å²) in [6.45, 7) is 1.34. The largest absolute Gasteiger partial charge is 0.465 e. The number of hydrogen-bond donors (Lipinski definition) is 1. The molecule has 15 heavy (non-hydrogen) atoms. The molecule has 0 atom stereocenters. The fraction of sp³-hybridized carbons (Fsp3) is 0.222. The van der Waals surface area contributed by atoms with E-state index in [1.807, 2.05) is 0 Å². The van der Waals surface area contributed by atoms with Crippen molar-refractivity contribution in [1.29, 1.82) is 0 Å². The van der Waals surface area contributed by atoms with Crippen molar-refractivity contribution in [2.45, 2.75) is 6.92 Å². The third-order valence-corrected chi connectivity index (χ3v) is 1.87. The van der Waals surface area contributed by atoms with Gasteiger partial charge in [0.15, 0.2) is 0 Å². The van der Waals surface area contributed by atoms with Crippen molar-refractivity contribution in [3.63, 3.8) is 0 Å². The summed E-state index contributed by atoms with van der Waals surface area (Å²) in [7, 11) is 1.25. The van der Waals surface area contributed by atoms with Gasteiger partial charge in [-0.05, 0) is 6.07 Å². The number of nitrogens with one attached hydrogen (secondary N) is 1. The summed E-state index contributed by atoms with van der Waals surface area (Å²) in [6.07, 6.45) is 1.28. The number of amides is 1. The van der Waals surface area contributed by atoms with Gasteiger partial charge in [-0.15, -0.1) is 0 Å². The first-order valence-electron chi connectivity index (χ1n) is 4.06. The molecular formula is C9H9ClN2O3. The van der Waals surface area contributed by atoms with E-state index in [9.17, 15) is 9.59 Å². The molecule has 0 spiro atoms. The molecule has 1 heterocycles. The number of rotatable bonds is 2. The first-order valence-corrected chi connectivity index (χ1v) is 4.44. The van der Waals surface area contributed by atoms with E-state index in [1.165, 1.54) is 26.3 Å². The molecule has 1 N–H and O–H groups in total. The van der Waals surface area contributed by atoms with Crippen LogP contribution in [0, 0.1) is 0 Å². The second-order valence-electron chi connectivity index (χ2n) is 2.72. The molecule has 1 aromatic rings. The molecule has 0 aliphatic heterocycles. The summed E-state index contributed by atoms with van der Waals surface area (Å²) < 4.78 is 4.51. The Balaban J connectivity index is 3.05. The lowest BCUT2D eigenvalue weighted by Gasteiger charge is -2.05. The minimum Gasteiger partial charge on any atom is -0.465 e. The normalized spacial score (nSPS) is 9.53. The molecule has 0 radical (unpaired) electrons. The first-order chi connectivity index (χ1) is 7.04. The van der Waals surface area contributed by atoms with Gasteiger partial charge < -0.3 is 10.1 Å². The first kappa shape index (κ1) is 11.5. The van der Waals surface area contributed by atoms with Crippen LogP contribution in [0.15, 0.2) is 12.3 Å². The molecule has 0 fully saturated rings. The fourth-order valence-corrected chi connectivity index (χ4v) is 1.13. The van der Waals surface area contributed by atoms with Gasteiger partial charge >= 0.3 is 5.97 Å². The number of hydrogen-bond acceptors (Lipinski definition) is 4. The van der Waals surface area contributed by atoms with Crippen LogP contribution in [-0.4, -0.2) is 24.0 Å². The number of pyridine rings is 1. The van der Waals surface area contributed by atoms with E-state index in [0.717, 1.165) is 0 Å². The van der Waals surface area contributed by atoms with E-state index < -0.39 is 5.97 Å². The van der Waals surface area contributed by atoms with Crippen LogP contribution in [0.1, 0.15) is 17.3 Å². The third-order valence-electron chi connectivity index (χ3n) is 1.56. The molecule has 80 valence electrons. The van der Waals surface area contributed by atoms with Crippen molar-refractivity contribution < 1.29 is 14.3 Å². The quantitative estimate of drug-likeness (QED) is 0.779. The fourth-order valence-electron chi connectivity index (χ4n) is 0.954. The average molecular weight is 229 g/mol. The lowest BCUT2D eigenvalue weighted by molar-refractivity contribution is -0.114. The van der Waals surface area contributed by atoms with Gasteiger partial charge in [0.05, 0.1) is 17.7 Å². The summed E-state index contributed by atoms with van der Waals surface area (Å²) in [5, 5.41) is 2.61. The SMILES string of the molecule is COC(=O)c1cc(NC(C)=O)ncc1Cl. The van der Waals surface area contributed by atoms with E-state index in [2.05, 4.69) is 15.0 Å². The van der Waals surface area contributed by atoms with Crippen LogP contribution < -0.4 is 5.32 Å². The molecule has 1 amide bonds. The number of anilines is 1. The predicted molar refractivity (Wildman–Crippen MR) is 54.9 cm³/mol. The van der Waals surface area contributed by atoms with E-state index in [0.29, 0.717) is 0 Å². The standard InChI is InChI=1S/C9H9ClN2O3/c1-5(13)12-8-3-6(9(14)15-2)7(10)4-11-8/h3-4H,1-2H3,(H,11,12,13). The second-order valence-corrected chi connectivity index (χ2v) is 3.13. The summed E-state index contributed by atoms with van der Waals surface area (Å²) in [6, 6.07) is 1.36. The van der Waals surface area contributed by atoms with Gasteiger partial charge in [-0.25, -0.2) is 9.78 Å². The highest BCUT2D eigenvalue weighted by Crippen LogP contribution is 2.18. The van der Waals surface area contributed by atoms with Gasteiger partial charge in [0.1, 0.15) is 5.82 Å². The maximum Gasteiger partial charge on any atom is 0.339 e. The lowest BCUT2D eigenvalue weighted by atomic mass is 10.2. The van der Waals surface area contributed by atoms with Gasteiger partial charge in [0, 0.05) is 13.1 Å². The van der Waals surface area contributed by atoms with Gasteiger partial charge in [0.2, 0.25) is 5.91 Å². The van der Waals surface area contributed by atoms with Crippen molar-refractivity contribution in [2.75, 3.05) is 12.4 Å². The lowest BCUT2D eigenvalue weighted by Crippen LogP contribution is -2.09. The topological polar surface area (TPSA) is 68.3 Å². The predicted octanol–water partition coefficient (Wildman–Crippen LogP) is 1.48. The van der Waals surface area contributed by atoms with Crippen LogP contribution in [0.3, 0.4) is 0 Å². The van der Waals surface area contributed by atoms with Crippen molar-refractivity contribution >= 4 is 29.3 Å². The number of carbonyl (C=O) groups excluding carboxylic acids is 2. The summed E-state index contributed by atoms with van der Waals surface area (Å²) >= 11 is 5.73. The molecule has 1 aromatic heterocycles. The Bertz CT molecular complexity index is 406. The van der Waals surface area contributed by atoms with Crippen LogP contribution in [-0.2, 0) is 9.53 Å². The Morgan fingerprint density at radius 3 is 2.73 bits per heavy atom. The molecule has 1 rings (SSSR count). The third kappa shape index (κ3) is 2.92. The molecule has 0 aliphatic carbocycles. The average Bonchev–Trinajstić information content (AvgIpc) is 2.19. The monoisotopic (exact) mass is 228 g/mol. The highest BCUT2D eigenvalue weighted by Gasteiger charge is 2.12. The molecule has 0 saturated heterocycles. The highest BCUT2D eigenvalue weighted by atomic mass is 35.5. The summed E-state index contributed by atoms with van der Waals surface area (Å²) in [5.74, 6) is -0.595. The minimum atomic E-state index is -0.575. The number of carbonyl (C=O) groups is 2. The molecule has 0 saturated carbocycles.